The third-order valence-corrected chi connectivity index (χ3v) is 2.71. The topological polar surface area (TPSA) is 141 Å². The van der Waals surface area contributed by atoms with Crippen LogP contribution in [-0.2, 0) is 18.4 Å². The van der Waals surface area contributed by atoms with E-state index < -0.39 is 17.9 Å². The van der Waals surface area contributed by atoms with Crippen molar-refractivity contribution in [1.29, 1.82) is 0 Å². The SMILES string of the molecule is Cn1cc(C(NC(=O)c2cn(CCN)nn2)C(=O)O)cn1. The van der Waals surface area contributed by atoms with E-state index in [1.807, 2.05) is 0 Å². The number of nitrogens with two attached hydrogens (primary N) is 1. The number of rotatable bonds is 6. The number of aromatic nitrogens is 5. The summed E-state index contributed by atoms with van der Waals surface area (Å²) in [7, 11) is 1.66. The summed E-state index contributed by atoms with van der Waals surface area (Å²) >= 11 is 0. The predicted octanol–water partition coefficient (Wildman–Crippen LogP) is -1.47. The number of carbonyl (C=O) groups excluding carboxylic acids is 1. The van der Waals surface area contributed by atoms with Crippen molar-refractivity contribution in [3.8, 4) is 0 Å². The molecule has 0 aliphatic heterocycles. The summed E-state index contributed by atoms with van der Waals surface area (Å²) in [6.07, 6.45) is 4.30. The second kappa shape index (κ2) is 6.13. The van der Waals surface area contributed by atoms with Crippen LogP contribution in [0.2, 0.25) is 0 Å². The van der Waals surface area contributed by atoms with Crippen LogP contribution >= 0.6 is 0 Å². The molecule has 0 spiro atoms. The standard InChI is InChI=1S/C11H15N7O3/c1-17-5-7(4-13-17)9(11(20)21)14-10(19)8-6-18(3-2-12)16-15-8/h4-6,9H,2-3,12H2,1H3,(H,14,19)(H,20,21). The number of amides is 1. The minimum Gasteiger partial charge on any atom is -0.479 e. The lowest BCUT2D eigenvalue weighted by molar-refractivity contribution is -0.139. The monoisotopic (exact) mass is 293 g/mol. The van der Waals surface area contributed by atoms with Crippen molar-refractivity contribution in [2.45, 2.75) is 12.6 Å². The Hall–Kier alpha value is -2.75. The maximum absolute atomic E-state index is 12.0. The molecular formula is C11H15N7O3. The second-order valence-corrected chi connectivity index (χ2v) is 4.35. The number of hydrogen-bond donors (Lipinski definition) is 3. The highest BCUT2D eigenvalue weighted by Gasteiger charge is 2.25. The fraction of sp³-hybridized carbons (Fsp3) is 0.364. The summed E-state index contributed by atoms with van der Waals surface area (Å²) in [5, 5.41) is 22.9. The summed E-state index contributed by atoms with van der Waals surface area (Å²) in [6.45, 7) is 0.781. The molecule has 1 amide bonds. The van der Waals surface area contributed by atoms with Crippen LogP contribution in [0.15, 0.2) is 18.6 Å². The molecule has 0 fully saturated rings. The molecule has 10 nitrogen and oxygen atoms in total. The Kier molecular flexibility index (Phi) is 4.28. The highest BCUT2D eigenvalue weighted by molar-refractivity contribution is 5.94. The smallest absolute Gasteiger partial charge is 0.331 e. The van der Waals surface area contributed by atoms with E-state index in [1.54, 1.807) is 7.05 Å². The fourth-order valence-electron chi connectivity index (χ4n) is 1.73. The van der Waals surface area contributed by atoms with Gasteiger partial charge in [-0.1, -0.05) is 5.21 Å². The molecule has 0 bridgehead atoms. The van der Waals surface area contributed by atoms with E-state index in [1.165, 1.54) is 28.0 Å². The number of carboxylic acid groups (broad SMARTS) is 1. The molecule has 0 radical (unpaired) electrons. The highest BCUT2D eigenvalue weighted by Crippen LogP contribution is 2.12. The van der Waals surface area contributed by atoms with Gasteiger partial charge in [-0.2, -0.15) is 5.10 Å². The maximum atomic E-state index is 12.0. The maximum Gasteiger partial charge on any atom is 0.331 e. The fourth-order valence-corrected chi connectivity index (χ4v) is 1.73. The van der Waals surface area contributed by atoms with Crippen molar-refractivity contribution in [1.82, 2.24) is 30.1 Å². The minimum absolute atomic E-state index is 0.0265. The number of aryl methyl sites for hydroxylation is 1. The van der Waals surface area contributed by atoms with Gasteiger partial charge in [0.25, 0.3) is 5.91 Å². The van der Waals surface area contributed by atoms with E-state index in [4.69, 9.17) is 5.73 Å². The van der Waals surface area contributed by atoms with E-state index in [0.717, 1.165) is 0 Å². The van der Waals surface area contributed by atoms with Gasteiger partial charge in [0.1, 0.15) is 0 Å². The molecule has 0 saturated heterocycles. The van der Waals surface area contributed by atoms with E-state index in [-0.39, 0.29) is 5.69 Å². The summed E-state index contributed by atoms with van der Waals surface area (Å²) in [5.74, 6) is -1.82. The van der Waals surface area contributed by atoms with Crippen LogP contribution in [0.25, 0.3) is 0 Å². The first-order valence-electron chi connectivity index (χ1n) is 6.13. The molecule has 10 heteroatoms. The van der Waals surface area contributed by atoms with Crippen molar-refractivity contribution >= 4 is 11.9 Å². The molecule has 1 atom stereocenters. The Balaban J connectivity index is 2.12. The van der Waals surface area contributed by atoms with Gasteiger partial charge in [-0.3, -0.25) is 14.2 Å². The molecule has 2 heterocycles. The number of aliphatic carboxylic acids is 1. The van der Waals surface area contributed by atoms with E-state index in [9.17, 15) is 14.7 Å². The lowest BCUT2D eigenvalue weighted by Gasteiger charge is -2.11. The molecule has 0 saturated carbocycles. The third-order valence-electron chi connectivity index (χ3n) is 2.71. The van der Waals surface area contributed by atoms with Crippen LogP contribution < -0.4 is 11.1 Å². The Morgan fingerprint density at radius 3 is 2.81 bits per heavy atom. The van der Waals surface area contributed by atoms with Gasteiger partial charge in [-0.15, -0.1) is 5.10 Å². The highest BCUT2D eigenvalue weighted by atomic mass is 16.4. The molecular weight excluding hydrogens is 278 g/mol. The first kappa shape index (κ1) is 14.7. The first-order valence-corrected chi connectivity index (χ1v) is 6.13. The predicted molar refractivity (Wildman–Crippen MR) is 70.1 cm³/mol. The van der Waals surface area contributed by atoms with Gasteiger partial charge in [-0.25, -0.2) is 4.79 Å². The van der Waals surface area contributed by atoms with Gasteiger partial charge in [0.05, 0.1) is 18.9 Å². The van der Waals surface area contributed by atoms with Crippen molar-refractivity contribution < 1.29 is 14.7 Å². The summed E-state index contributed by atoms with van der Waals surface area (Å²) in [4.78, 5) is 23.3. The van der Waals surface area contributed by atoms with E-state index in [0.29, 0.717) is 18.7 Å². The minimum atomic E-state index is -1.20. The second-order valence-electron chi connectivity index (χ2n) is 4.35. The van der Waals surface area contributed by atoms with Crippen LogP contribution in [0.3, 0.4) is 0 Å². The zero-order chi connectivity index (χ0) is 15.4. The van der Waals surface area contributed by atoms with Gasteiger partial charge in [-0.05, 0) is 0 Å². The number of hydrogen-bond acceptors (Lipinski definition) is 6. The van der Waals surface area contributed by atoms with Crippen molar-refractivity contribution in [2.24, 2.45) is 12.8 Å². The first-order chi connectivity index (χ1) is 10.0. The molecule has 0 aliphatic carbocycles. The normalized spacial score (nSPS) is 12.1. The molecule has 112 valence electrons. The van der Waals surface area contributed by atoms with Crippen molar-refractivity contribution in [3.05, 3.63) is 29.8 Å². The average Bonchev–Trinajstić information content (AvgIpc) is 3.05. The zero-order valence-corrected chi connectivity index (χ0v) is 11.3. The lowest BCUT2D eigenvalue weighted by Crippen LogP contribution is -2.33. The molecule has 2 aromatic rings. The van der Waals surface area contributed by atoms with Gasteiger partial charge >= 0.3 is 5.97 Å². The largest absolute Gasteiger partial charge is 0.479 e. The van der Waals surface area contributed by atoms with Crippen LogP contribution in [0.4, 0.5) is 0 Å². The van der Waals surface area contributed by atoms with Gasteiger partial charge in [0.2, 0.25) is 0 Å². The zero-order valence-electron chi connectivity index (χ0n) is 11.3. The Labute approximate surface area is 119 Å². The summed E-state index contributed by atoms with van der Waals surface area (Å²) in [5.41, 5.74) is 5.76. The summed E-state index contributed by atoms with van der Waals surface area (Å²) in [6, 6.07) is -1.20. The molecule has 21 heavy (non-hydrogen) atoms. The quantitative estimate of drug-likeness (QED) is 0.590. The number of carboxylic acids is 1. The molecule has 2 aromatic heterocycles. The van der Waals surface area contributed by atoms with Gasteiger partial charge in [0, 0.05) is 25.4 Å². The third kappa shape index (κ3) is 3.42. The molecule has 4 N–H and O–H groups in total. The summed E-state index contributed by atoms with van der Waals surface area (Å²) < 4.78 is 2.86. The van der Waals surface area contributed by atoms with Crippen LogP contribution in [0.1, 0.15) is 22.1 Å². The van der Waals surface area contributed by atoms with Gasteiger partial charge in [0.15, 0.2) is 11.7 Å². The van der Waals surface area contributed by atoms with Crippen molar-refractivity contribution in [3.63, 3.8) is 0 Å². The number of nitrogens with zero attached hydrogens (tertiary/aromatic N) is 5. The lowest BCUT2D eigenvalue weighted by atomic mass is 10.1. The van der Waals surface area contributed by atoms with E-state index >= 15 is 0 Å². The average molecular weight is 293 g/mol. The van der Waals surface area contributed by atoms with E-state index in [2.05, 4.69) is 20.7 Å². The Morgan fingerprint density at radius 2 is 2.24 bits per heavy atom. The number of nitrogens with one attached hydrogen (secondary N) is 1. The number of carbonyl (C=O) groups is 2. The molecule has 0 aromatic carbocycles. The van der Waals surface area contributed by atoms with Crippen molar-refractivity contribution in [2.75, 3.05) is 6.54 Å². The Morgan fingerprint density at radius 1 is 1.48 bits per heavy atom. The van der Waals surface area contributed by atoms with Crippen LogP contribution in [-0.4, -0.2) is 48.3 Å². The Bertz CT molecular complexity index is 648. The van der Waals surface area contributed by atoms with Crippen LogP contribution in [0, 0.1) is 0 Å². The molecule has 1 unspecified atom stereocenters. The molecule has 0 aliphatic rings. The van der Waals surface area contributed by atoms with Gasteiger partial charge < -0.3 is 16.2 Å². The van der Waals surface area contributed by atoms with Crippen LogP contribution in [0.5, 0.6) is 0 Å². The molecule has 2 rings (SSSR count).